The number of rotatable bonds is 6. The zero-order valence-electron chi connectivity index (χ0n) is 11.8. The number of anilines is 2. The van der Waals surface area contributed by atoms with Gasteiger partial charge < -0.3 is 20.5 Å². The number of esters is 1. The van der Waals surface area contributed by atoms with Crippen LogP contribution in [0.15, 0.2) is 12.1 Å². The monoisotopic (exact) mass is 267 g/mol. The van der Waals surface area contributed by atoms with Crippen molar-refractivity contribution in [3.63, 3.8) is 0 Å². The minimum atomic E-state index is -0.493. The van der Waals surface area contributed by atoms with Crippen molar-refractivity contribution in [2.75, 3.05) is 31.3 Å². The molecule has 0 amide bonds. The van der Waals surface area contributed by atoms with Crippen LogP contribution in [0.5, 0.6) is 0 Å². The van der Waals surface area contributed by atoms with E-state index >= 15 is 0 Å². The largest absolute Gasteiger partial charge is 0.464 e. The number of nitrogen functional groups attached to an aromatic ring is 1. The number of pyridine rings is 1. The molecule has 0 unspecified atom stereocenters. The maximum atomic E-state index is 11.4. The minimum absolute atomic E-state index is 0.216. The lowest BCUT2D eigenvalue weighted by atomic mass is 10.1. The molecule has 6 nitrogen and oxygen atoms in total. The number of carbonyl (C=O) groups is 1. The van der Waals surface area contributed by atoms with Crippen LogP contribution in [0, 0.1) is 0 Å². The van der Waals surface area contributed by atoms with Gasteiger partial charge in [0.1, 0.15) is 5.82 Å². The Kier molecular flexibility index (Phi) is 5.11. The highest BCUT2D eigenvalue weighted by atomic mass is 16.5. The molecular weight excluding hydrogens is 246 g/mol. The smallest absolute Gasteiger partial charge is 0.356 e. The van der Waals surface area contributed by atoms with Gasteiger partial charge in [-0.2, -0.15) is 0 Å². The van der Waals surface area contributed by atoms with Gasteiger partial charge >= 0.3 is 5.97 Å². The van der Waals surface area contributed by atoms with Crippen LogP contribution in [0.3, 0.4) is 0 Å². The lowest BCUT2D eigenvalue weighted by Gasteiger charge is -2.25. The van der Waals surface area contributed by atoms with E-state index in [1.165, 1.54) is 13.2 Å². The first-order valence-electron chi connectivity index (χ1n) is 6.12. The predicted molar refractivity (Wildman–Crippen MR) is 74.2 cm³/mol. The van der Waals surface area contributed by atoms with E-state index in [0.717, 1.165) is 0 Å². The summed E-state index contributed by atoms with van der Waals surface area (Å²) in [5.41, 5.74) is 6.16. The Morgan fingerprint density at radius 3 is 2.74 bits per heavy atom. The number of hydrogen-bond donors (Lipinski definition) is 2. The fraction of sp³-hybridized carbons (Fsp3) is 0.538. The molecule has 3 N–H and O–H groups in total. The number of methoxy groups -OCH3 is 1. The first-order chi connectivity index (χ1) is 8.89. The van der Waals surface area contributed by atoms with Crippen molar-refractivity contribution in [2.24, 2.45) is 0 Å². The van der Waals surface area contributed by atoms with Gasteiger partial charge in [0.25, 0.3) is 0 Å². The summed E-state index contributed by atoms with van der Waals surface area (Å²) in [6, 6.07) is 3.15. The molecule has 0 radical (unpaired) electrons. The van der Waals surface area contributed by atoms with Gasteiger partial charge in [-0.3, -0.25) is 0 Å². The van der Waals surface area contributed by atoms with Gasteiger partial charge in [0.15, 0.2) is 5.69 Å². The molecule has 0 fully saturated rings. The highest BCUT2D eigenvalue weighted by Crippen LogP contribution is 2.18. The molecule has 19 heavy (non-hydrogen) atoms. The van der Waals surface area contributed by atoms with E-state index in [1.807, 2.05) is 20.8 Å². The first-order valence-corrected chi connectivity index (χ1v) is 6.12. The third-order valence-electron chi connectivity index (χ3n) is 2.54. The summed E-state index contributed by atoms with van der Waals surface area (Å²) in [7, 11) is 1.31. The fourth-order valence-corrected chi connectivity index (χ4v) is 1.57. The Labute approximate surface area is 113 Å². The van der Waals surface area contributed by atoms with Gasteiger partial charge in [0.05, 0.1) is 18.4 Å². The normalized spacial score (nSPS) is 11.2. The molecule has 1 aromatic rings. The molecule has 0 saturated carbocycles. The molecule has 0 aliphatic heterocycles. The molecule has 0 spiro atoms. The molecule has 0 aliphatic rings. The molecule has 0 saturated heterocycles. The molecule has 0 aromatic carbocycles. The van der Waals surface area contributed by atoms with Crippen LogP contribution < -0.4 is 11.1 Å². The fourth-order valence-electron chi connectivity index (χ4n) is 1.57. The van der Waals surface area contributed by atoms with Crippen molar-refractivity contribution in [3.05, 3.63) is 17.8 Å². The molecule has 0 aliphatic carbocycles. The summed E-state index contributed by atoms with van der Waals surface area (Å²) in [4.78, 5) is 15.5. The number of ether oxygens (including phenoxy) is 2. The van der Waals surface area contributed by atoms with E-state index in [1.54, 1.807) is 6.07 Å². The van der Waals surface area contributed by atoms with Crippen LogP contribution >= 0.6 is 0 Å². The molecule has 106 valence electrons. The molecule has 1 heterocycles. The third-order valence-corrected chi connectivity index (χ3v) is 2.54. The molecule has 6 heteroatoms. The van der Waals surface area contributed by atoms with Crippen LogP contribution in [0.4, 0.5) is 11.5 Å². The summed E-state index contributed by atoms with van der Waals surface area (Å²) in [5, 5.41) is 3.09. The lowest BCUT2D eigenvalue weighted by molar-refractivity contribution is 0.000654. The molecular formula is C13H21N3O3. The summed E-state index contributed by atoms with van der Waals surface area (Å²) in [6.45, 7) is 7.02. The first kappa shape index (κ1) is 15.2. The van der Waals surface area contributed by atoms with Crippen LogP contribution in [-0.4, -0.2) is 36.8 Å². The number of carbonyl (C=O) groups excluding carboxylic acids is 1. The van der Waals surface area contributed by atoms with E-state index in [4.69, 9.17) is 10.5 Å². The summed E-state index contributed by atoms with van der Waals surface area (Å²) >= 11 is 0. The van der Waals surface area contributed by atoms with E-state index in [0.29, 0.717) is 24.7 Å². The standard InChI is InChI=1S/C13H21N3O3/c1-5-19-13(2,3)8-15-11-9(14)6-7-10(16-11)12(17)18-4/h6-7H,5,8,14H2,1-4H3,(H,15,16). The van der Waals surface area contributed by atoms with Gasteiger partial charge in [0, 0.05) is 13.2 Å². The lowest BCUT2D eigenvalue weighted by Crippen LogP contribution is -2.33. The topological polar surface area (TPSA) is 86.5 Å². The summed E-state index contributed by atoms with van der Waals surface area (Å²) in [5.74, 6) is -0.0391. The third kappa shape index (κ3) is 4.40. The van der Waals surface area contributed by atoms with Crippen molar-refractivity contribution in [2.45, 2.75) is 26.4 Å². The summed E-state index contributed by atoms with van der Waals surface area (Å²) < 4.78 is 10.2. The van der Waals surface area contributed by atoms with Crippen LogP contribution in [0.2, 0.25) is 0 Å². The van der Waals surface area contributed by atoms with E-state index in [-0.39, 0.29) is 11.3 Å². The molecule has 1 aromatic heterocycles. The van der Waals surface area contributed by atoms with Gasteiger partial charge in [0.2, 0.25) is 0 Å². The van der Waals surface area contributed by atoms with Crippen molar-refractivity contribution in [1.29, 1.82) is 0 Å². The Hall–Kier alpha value is -1.82. The number of hydrogen-bond acceptors (Lipinski definition) is 6. The zero-order valence-corrected chi connectivity index (χ0v) is 11.8. The number of nitrogens with zero attached hydrogens (tertiary/aromatic N) is 1. The minimum Gasteiger partial charge on any atom is -0.464 e. The second-order valence-electron chi connectivity index (χ2n) is 4.67. The van der Waals surface area contributed by atoms with Crippen molar-refractivity contribution >= 4 is 17.5 Å². The summed E-state index contributed by atoms with van der Waals surface area (Å²) in [6.07, 6.45) is 0. The SMILES string of the molecule is CCOC(C)(C)CNc1nc(C(=O)OC)ccc1N. The average molecular weight is 267 g/mol. The number of nitrogens with two attached hydrogens (primary N) is 1. The van der Waals surface area contributed by atoms with Crippen LogP contribution in [0.1, 0.15) is 31.3 Å². The zero-order chi connectivity index (χ0) is 14.5. The van der Waals surface area contributed by atoms with E-state index in [2.05, 4.69) is 15.0 Å². The predicted octanol–water partition coefficient (Wildman–Crippen LogP) is 1.68. The van der Waals surface area contributed by atoms with Crippen molar-refractivity contribution in [1.82, 2.24) is 4.98 Å². The highest BCUT2D eigenvalue weighted by molar-refractivity contribution is 5.88. The van der Waals surface area contributed by atoms with E-state index < -0.39 is 5.97 Å². The van der Waals surface area contributed by atoms with Gasteiger partial charge in [-0.15, -0.1) is 0 Å². The van der Waals surface area contributed by atoms with Crippen LogP contribution in [-0.2, 0) is 9.47 Å². The Morgan fingerprint density at radius 1 is 1.47 bits per heavy atom. The number of nitrogens with one attached hydrogen (secondary N) is 1. The van der Waals surface area contributed by atoms with Crippen LogP contribution in [0.25, 0.3) is 0 Å². The molecule has 0 bridgehead atoms. The van der Waals surface area contributed by atoms with E-state index in [9.17, 15) is 4.79 Å². The Balaban J connectivity index is 2.80. The van der Waals surface area contributed by atoms with Crippen molar-refractivity contribution < 1.29 is 14.3 Å². The maximum absolute atomic E-state index is 11.4. The molecule has 0 atom stereocenters. The van der Waals surface area contributed by atoms with Crippen molar-refractivity contribution in [3.8, 4) is 0 Å². The molecule has 1 rings (SSSR count). The quantitative estimate of drug-likeness (QED) is 0.763. The van der Waals surface area contributed by atoms with Gasteiger partial charge in [-0.1, -0.05) is 0 Å². The Morgan fingerprint density at radius 2 is 2.16 bits per heavy atom. The maximum Gasteiger partial charge on any atom is 0.356 e. The highest BCUT2D eigenvalue weighted by Gasteiger charge is 2.18. The second-order valence-corrected chi connectivity index (χ2v) is 4.67. The Bertz CT molecular complexity index is 447. The number of aromatic nitrogens is 1. The van der Waals surface area contributed by atoms with Gasteiger partial charge in [-0.25, -0.2) is 9.78 Å². The van der Waals surface area contributed by atoms with Gasteiger partial charge in [-0.05, 0) is 32.9 Å². The second kappa shape index (κ2) is 6.38. The average Bonchev–Trinajstić information content (AvgIpc) is 2.37.